The Labute approximate surface area is 194 Å². The topological polar surface area (TPSA) is 119 Å². The number of hydrogen-bond acceptors (Lipinski definition) is 4. The Morgan fingerprint density at radius 2 is 1.78 bits per heavy atom. The largest absolute Gasteiger partial charge is 0.465 e. The first-order valence-electron chi connectivity index (χ1n) is 9.67. The molecule has 0 bridgehead atoms. The smallest absolute Gasteiger partial charge is 0.408 e. The molecule has 168 valence electrons. The molecule has 0 unspecified atom stereocenters. The second-order valence-electron chi connectivity index (χ2n) is 8.28. The number of aromatic nitrogens is 2. The van der Waals surface area contributed by atoms with E-state index in [1.165, 1.54) is 33.7 Å². The average Bonchev–Trinajstić information content (AvgIpc) is 2.68. The summed E-state index contributed by atoms with van der Waals surface area (Å²) >= 11 is 12.6. The van der Waals surface area contributed by atoms with Crippen LogP contribution in [0.25, 0.3) is 16.6 Å². The van der Waals surface area contributed by atoms with E-state index in [2.05, 4.69) is 4.98 Å². The lowest BCUT2D eigenvalue weighted by Crippen LogP contribution is -2.47. The van der Waals surface area contributed by atoms with E-state index in [4.69, 9.17) is 28.9 Å². The fraction of sp³-hybridized carbons (Fsp3) is 0.273. The number of hydrogen-bond donors (Lipinski definition) is 2. The third-order valence-corrected chi connectivity index (χ3v) is 5.65. The van der Waals surface area contributed by atoms with Crippen molar-refractivity contribution in [1.82, 2.24) is 14.5 Å². The van der Waals surface area contributed by atoms with Gasteiger partial charge in [-0.05, 0) is 58.0 Å². The van der Waals surface area contributed by atoms with Gasteiger partial charge in [0.2, 0.25) is 5.91 Å². The quantitative estimate of drug-likeness (QED) is 0.568. The number of primary amides is 1. The number of fused-ring (bicyclic) bond motifs is 1. The van der Waals surface area contributed by atoms with Crippen LogP contribution < -0.4 is 11.3 Å². The van der Waals surface area contributed by atoms with Gasteiger partial charge < -0.3 is 10.8 Å². The Balaban J connectivity index is 2.46. The molecule has 1 aromatic heterocycles. The number of nitrogens with zero attached hydrogens (tertiary/aromatic N) is 3. The minimum absolute atomic E-state index is 0.0808. The van der Waals surface area contributed by atoms with E-state index in [0.29, 0.717) is 0 Å². The van der Waals surface area contributed by atoms with Crippen LogP contribution in [0.2, 0.25) is 10.0 Å². The number of rotatable bonds is 4. The molecule has 0 spiro atoms. The minimum Gasteiger partial charge on any atom is -0.465 e. The summed E-state index contributed by atoms with van der Waals surface area (Å²) in [4.78, 5) is 43.3. The molecule has 0 aliphatic carbocycles. The van der Waals surface area contributed by atoms with E-state index in [1.807, 2.05) is 0 Å². The second-order valence-corrected chi connectivity index (χ2v) is 9.09. The minimum atomic E-state index is -1.19. The summed E-state index contributed by atoms with van der Waals surface area (Å²) in [5.74, 6) is -0.559. The van der Waals surface area contributed by atoms with Gasteiger partial charge in [-0.3, -0.25) is 19.1 Å². The zero-order valence-corrected chi connectivity index (χ0v) is 19.4. The van der Waals surface area contributed by atoms with Crippen LogP contribution in [0.15, 0.2) is 41.2 Å². The lowest BCUT2D eigenvalue weighted by Gasteiger charge is -2.38. The number of amides is 2. The Morgan fingerprint density at radius 3 is 2.34 bits per heavy atom. The average molecular weight is 477 g/mol. The Kier molecular flexibility index (Phi) is 6.22. The predicted molar refractivity (Wildman–Crippen MR) is 124 cm³/mol. The summed E-state index contributed by atoms with van der Waals surface area (Å²) < 4.78 is 1.24. The van der Waals surface area contributed by atoms with Gasteiger partial charge in [0.15, 0.2) is 0 Å². The molecular weight excluding hydrogens is 455 g/mol. The first kappa shape index (κ1) is 23.6. The van der Waals surface area contributed by atoms with Crippen LogP contribution in [0.3, 0.4) is 0 Å². The van der Waals surface area contributed by atoms with E-state index in [9.17, 15) is 19.5 Å². The van der Waals surface area contributed by atoms with Gasteiger partial charge in [0, 0.05) is 11.1 Å². The molecule has 0 radical (unpaired) electrons. The van der Waals surface area contributed by atoms with E-state index >= 15 is 0 Å². The van der Waals surface area contributed by atoms with Gasteiger partial charge in [-0.15, -0.1) is 0 Å². The van der Waals surface area contributed by atoms with Crippen LogP contribution >= 0.6 is 23.2 Å². The van der Waals surface area contributed by atoms with Gasteiger partial charge in [0.1, 0.15) is 5.82 Å². The van der Waals surface area contributed by atoms with Crippen molar-refractivity contribution in [2.75, 3.05) is 0 Å². The first-order valence-corrected chi connectivity index (χ1v) is 10.4. The maximum Gasteiger partial charge on any atom is 0.408 e. The molecule has 8 nitrogen and oxygen atoms in total. The highest BCUT2D eigenvalue weighted by atomic mass is 35.5. The van der Waals surface area contributed by atoms with Crippen molar-refractivity contribution < 1.29 is 14.7 Å². The van der Waals surface area contributed by atoms with E-state index in [-0.39, 0.29) is 38.0 Å². The molecule has 2 amide bonds. The number of carbonyl (C=O) groups is 2. The van der Waals surface area contributed by atoms with Crippen molar-refractivity contribution in [2.45, 2.75) is 39.3 Å². The Morgan fingerprint density at radius 1 is 1.16 bits per heavy atom. The fourth-order valence-electron chi connectivity index (χ4n) is 3.71. The maximum absolute atomic E-state index is 13.6. The van der Waals surface area contributed by atoms with Crippen molar-refractivity contribution >= 4 is 46.1 Å². The SMILES string of the molecule is C[C@@H](c1nc2c(Cl)ccc(Cl)c2c(=O)n1-c1cccc(C(N)=O)c1)N(C(=O)O)C(C)(C)C. The van der Waals surface area contributed by atoms with Gasteiger partial charge in [0.05, 0.1) is 32.7 Å². The molecule has 0 saturated heterocycles. The first-order chi connectivity index (χ1) is 14.8. The lowest BCUT2D eigenvalue weighted by molar-refractivity contribution is 0.0719. The molecule has 0 aliphatic rings. The molecule has 10 heteroatoms. The van der Waals surface area contributed by atoms with Crippen molar-refractivity contribution in [1.29, 1.82) is 0 Å². The third kappa shape index (κ3) is 4.16. The highest BCUT2D eigenvalue weighted by Crippen LogP contribution is 2.32. The van der Waals surface area contributed by atoms with Crippen LogP contribution in [-0.2, 0) is 0 Å². The zero-order chi connectivity index (χ0) is 24.0. The number of carboxylic acid groups (broad SMARTS) is 1. The fourth-order valence-corrected chi connectivity index (χ4v) is 4.14. The van der Waals surface area contributed by atoms with Crippen LogP contribution in [0, 0.1) is 0 Å². The number of carbonyl (C=O) groups excluding carboxylic acids is 1. The molecule has 32 heavy (non-hydrogen) atoms. The molecule has 3 rings (SSSR count). The van der Waals surface area contributed by atoms with Crippen molar-refractivity contribution in [2.24, 2.45) is 5.73 Å². The van der Waals surface area contributed by atoms with Gasteiger partial charge in [-0.2, -0.15) is 0 Å². The lowest BCUT2D eigenvalue weighted by atomic mass is 10.0. The normalized spacial score (nSPS) is 12.6. The van der Waals surface area contributed by atoms with E-state index < -0.39 is 29.1 Å². The van der Waals surface area contributed by atoms with Crippen LogP contribution in [-0.4, -0.2) is 37.1 Å². The third-order valence-electron chi connectivity index (χ3n) is 5.03. The van der Waals surface area contributed by atoms with Gasteiger partial charge in [-0.1, -0.05) is 29.3 Å². The number of halogens is 2. The van der Waals surface area contributed by atoms with Gasteiger partial charge >= 0.3 is 6.09 Å². The molecule has 0 saturated carbocycles. The van der Waals surface area contributed by atoms with Crippen molar-refractivity contribution in [3.05, 3.63) is 68.2 Å². The number of nitrogens with two attached hydrogens (primary N) is 1. The summed E-state index contributed by atoms with van der Waals surface area (Å²) in [5, 5.41) is 10.3. The van der Waals surface area contributed by atoms with Crippen LogP contribution in [0.1, 0.15) is 49.9 Å². The highest BCUT2D eigenvalue weighted by molar-refractivity contribution is 6.39. The zero-order valence-electron chi connectivity index (χ0n) is 17.9. The molecule has 3 aromatic rings. The molecular formula is C22H22Cl2N4O4. The maximum atomic E-state index is 13.6. The van der Waals surface area contributed by atoms with Crippen LogP contribution in [0.4, 0.5) is 4.79 Å². The molecule has 1 heterocycles. The standard InChI is InChI=1S/C22H22Cl2N4O4/c1-11(28(21(31)32)22(2,3)4)19-26-17-15(24)9-8-14(23)16(17)20(30)27(19)13-7-5-6-12(10-13)18(25)29/h5-11H,1-4H3,(H2,25,29)(H,31,32)/t11-/m0/s1. The second kappa shape index (κ2) is 8.44. The van der Waals surface area contributed by atoms with Crippen LogP contribution in [0.5, 0.6) is 0 Å². The summed E-state index contributed by atoms with van der Waals surface area (Å²) in [6.45, 7) is 6.83. The molecule has 3 N–H and O–H groups in total. The van der Waals surface area contributed by atoms with E-state index in [1.54, 1.807) is 39.8 Å². The summed E-state index contributed by atoms with van der Waals surface area (Å²) in [6, 6.07) is 8.25. The van der Waals surface area contributed by atoms with Gasteiger partial charge in [0.25, 0.3) is 5.56 Å². The monoisotopic (exact) mass is 476 g/mol. The molecule has 0 aliphatic heterocycles. The summed E-state index contributed by atoms with van der Waals surface area (Å²) in [7, 11) is 0. The molecule has 0 fully saturated rings. The Hall–Kier alpha value is -3.10. The van der Waals surface area contributed by atoms with Crippen molar-refractivity contribution in [3.63, 3.8) is 0 Å². The molecule has 2 aromatic carbocycles. The Bertz CT molecular complexity index is 1300. The summed E-state index contributed by atoms with van der Waals surface area (Å²) in [5.41, 5.74) is 4.68. The van der Waals surface area contributed by atoms with Crippen molar-refractivity contribution in [3.8, 4) is 5.69 Å². The highest BCUT2D eigenvalue weighted by Gasteiger charge is 2.35. The van der Waals surface area contributed by atoms with Gasteiger partial charge in [-0.25, -0.2) is 9.78 Å². The summed E-state index contributed by atoms with van der Waals surface area (Å²) in [6.07, 6.45) is -1.19. The number of benzene rings is 2. The van der Waals surface area contributed by atoms with E-state index in [0.717, 1.165) is 0 Å². The predicted octanol–water partition coefficient (Wildman–Crippen LogP) is 4.63. The molecule has 1 atom stereocenters.